The first-order valence-corrected chi connectivity index (χ1v) is 19.7. The van der Waals surface area contributed by atoms with Gasteiger partial charge in [0.25, 0.3) is 0 Å². The van der Waals surface area contributed by atoms with Crippen LogP contribution in [0.1, 0.15) is 149 Å². The zero-order chi connectivity index (χ0) is 33.7. The second kappa shape index (κ2) is 29.1. The normalized spacial score (nSPS) is 15.1. The number of nitrogens with one attached hydrogen (secondary N) is 1. The van der Waals surface area contributed by atoms with Crippen LogP contribution < -0.4 is 5.32 Å². The van der Waals surface area contributed by atoms with Crippen molar-refractivity contribution in [1.82, 2.24) is 5.32 Å². The molecule has 0 saturated carbocycles. The molecule has 266 valence electrons. The number of phosphoric ester groups is 1. The highest BCUT2D eigenvalue weighted by molar-refractivity contribution is 7.47. The van der Waals surface area contributed by atoms with Crippen molar-refractivity contribution in [3.05, 3.63) is 24.3 Å². The lowest BCUT2D eigenvalue weighted by Crippen LogP contribution is -2.45. The van der Waals surface area contributed by atoms with E-state index < -0.39 is 20.0 Å². The van der Waals surface area contributed by atoms with E-state index in [1.807, 2.05) is 27.2 Å². The maximum Gasteiger partial charge on any atom is 0.472 e. The fourth-order valence-electron chi connectivity index (χ4n) is 4.91. The van der Waals surface area contributed by atoms with Crippen LogP contribution in [0.3, 0.4) is 0 Å². The minimum absolute atomic E-state index is 0.0602. The molecule has 0 aromatic rings. The molecule has 0 aliphatic heterocycles. The number of phosphoric acid groups is 1. The number of carbonyl (C=O) groups is 1. The highest BCUT2D eigenvalue weighted by atomic mass is 31.2. The Kier molecular flexibility index (Phi) is 28.5. The molecular weight excluding hydrogens is 587 g/mol. The molecule has 0 heterocycles. The van der Waals surface area contributed by atoms with Crippen molar-refractivity contribution in [3.8, 4) is 0 Å². The zero-order valence-corrected chi connectivity index (χ0v) is 30.8. The topological polar surface area (TPSA) is 105 Å². The number of likely N-dealkylation sites (N-methyl/N-ethyl adjacent to an activating group) is 1. The van der Waals surface area contributed by atoms with Gasteiger partial charge in [-0.15, -0.1) is 0 Å². The van der Waals surface area contributed by atoms with E-state index in [0.29, 0.717) is 17.4 Å². The van der Waals surface area contributed by atoms with Gasteiger partial charge >= 0.3 is 7.82 Å². The number of aliphatic hydroxyl groups excluding tert-OH is 1. The largest absolute Gasteiger partial charge is 0.472 e. The third-order valence-corrected chi connectivity index (χ3v) is 8.90. The van der Waals surface area contributed by atoms with E-state index in [0.717, 1.165) is 51.4 Å². The Bertz CT molecular complexity index is 799. The van der Waals surface area contributed by atoms with Gasteiger partial charge in [-0.3, -0.25) is 13.8 Å². The molecule has 0 rings (SSSR count). The molecule has 0 aliphatic rings. The molecule has 0 aromatic heterocycles. The van der Waals surface area contributed by atoms with Crippen molar-refractivity contribution in [3.63, 3.8) is 0 Å². The van der Waals surface area contributed by atoms with Gasteiger partial charge in [-0.25, -0.2) is 4.57 Å². The van der Waals surface area contributed by atoms with E-state index in [1.165, 1.54) is 77.0 Å². The molecule has 9 heteroatoms. The van der Waals surface area contributed by atoms with E-state index >= 15 is 0 Å². The number of nitrogens with zero attached hydrogens (tertiary/aromatic N) is 1. The number of rotatable bonds is 32. The van der Waals surface area contributed by atoms with E-state index in [1.54, 1.807) is 6.08 Å². The molecular formula is C36H72N2O6P+. The van der Waals surface area contributed by atoms with Gasteiger partial charge in [0, 0.05) is 6.42 Å². The molecule has 0 spiro atoms. The van der Waals surface area contributed by atoms with E-state index in [4.69, 9.17) is 9.05 Å². The molecule has 45 heavy (non-hydrogen) atoms. The molecule has 0 radical (unpaired) electrons. The molecule has 1 amide bonds. The lowest BCUT2D eigenvalue weighted by Gasteiger charge is -2.25. The van der Waals surface area contributed by atoms with Crippen LogP contribution in [0.4, 0.5) is 0 Å². The average molecular weight is 660 g/mol. The lowest BCUT2D eigenvalue weighted by molar-refractivity contribution is -0.870. The van der Waals surface area contributed by atoms with E-state index in [2.05, 4.69) is 31.3 Å². The quantitative estimate of drug-likeness (QED) is 0.0288. The van der Waals surface area contributed by atoms with E-state index in [-0.39, 0.29) is 19.1 Å². The van der Waals surface area contributed by atoms with Crippen molar-refractivity contribution in [1.29, 1.82) is 0 Å². The van der Waals surface area contributed by atoms with Crippen LogP contribution in [-0.2, 0) is 18.4 Å². The first kappa shape index (κ1) is 44.0. The summed E-state index contributed by atoms with van der Waals surface area (Å²) in [4.78, 5) is 22.9. The second-order valence-corrected chi connectivity index (χ2v) is 15.0. The minimum atomic E-state index is -4.32. The summed E-state index contributed by atoms with van der Waals surface area (Å²) in [6, 6.07) is -0.844. The Balaban J connectivity index is 4.58. The van der Waals surface area contributed by atoms with Crippen molar-refractivity contribution < 1.29 is 32.9 Å². The minimum Gasteiger partial charge on any atom is -0.387 e. The first-order valence-electron chi connectivity index (χ1n) is 18.2. The standard InChI is InChI=1S/C36H71N2O6P/c1-6-8-10-12-14-16-18-19-20-22-24-26-28-30-36(40)37-34(33-44-45(41,42)43-32-31-38(3,4)5)35(39)29-27-25-23-21-17-15-13-11-9-7-2/h16,18,27,29,34-35,39H,6-15,17,19-26,28,30-33H2,1-5H3,(H-,37,40,41,42)/p+1/b18-16+,29-27+/t34-,35+/m0/s1. The molecule has 8 nitrogen and oxygen atoms in total. The van der Waals surface area contributed by atoms with Crippen LogP contribution in [0.2, 0.25) is 0 Å². The summed E-state index contributed by atoms with van der Waals surface area (Å²) in [7, 11) is 1.56. The fourth-order valence-corrected chi connectivity index (χ4v) is 5.65. The summed E-state index contributed by atoms with van der Waals surface area (Å²) < 4.78 is 23.4. The Hall–Kier alpha value is -1.02. The number of hydrogen-bond donors (Lipinski definition) is 3. The number of aliphatic hydroxyl groups is 1. The molecule has 3 N–H and O–H groups in total. The lowest BCUT2D eigenvalue weighted by atomic mass is 10.1. The van der Waals surface area contributed by atoms with Crippen molar-refractivity contribution in [2.45, 2.75) is 161 Å². The highest BCUT2D eigenvalue weighted by Crippen LogP contribution is 2.43. The van der Waals surface area contributed by atoms with Crippen LogP contribution in [0, 0.1) is 0 Å². The smallest absolute Gasteiger partial charge is 0.387 e. The van der Waals surface area contributed by atoms with Crippen molar-refractivity contribution in [2.75, 3.05) is 40.9 Å². The van der Waals surface area contributed by atoms with Crippen molar-refractivity contribution >= 4 is 13.7 Å². The van der Waals surface area contributed by atoms with E-state index in [9.17, 15) is 19.4 Å². The van der Waals surface area contributed by atoms with Gasteiger partial charge in [-0.1, -0.05) is 122 Å². The fraction of sp³-hybridized carbons (Fsp3) is 0.861. The molecule has 0 saturated heterocycles. The van der Waals surface area contributed by atoms with Gasteiger partial charge in [0.1, 0.15) is 13.2 Å². The van der Waals surface area contributed by atoms with Crippen LogP contribution in [0.5, 0.6) is 0 Å². The number of quaternary nitrogens is 1. The summed E-state index contributed by atoms with van der Waals surface area (Å²) in [6.07, 6.45) is 30.9. The van der Waals surface area contributed by atoms with Gasteiger partial charge in [0.05, 0.1) is 39.9 Å². The van der Waals surface area contributed by atoms with Gasteiger partial charge < -0.3 is 19.8 Å². The number of allylic oxidation sites excluding steroid dienone is 3. The summed E-state index contributed by atoms with van der Waals surface area (Å²) >= 11 is 0. The van der Waals surface area contributed by atoms with Crippen molar-refractivity contribution in [2.24, 2.45) is 0 Å². The number of hydrogen-bond acceptors (Lipinski definition) is 5. The van der Waals surface area contributed by atoms with Gasteiger partial charge in [0.2, 0.25) is 5.91 Å². The first-order chi connectivity index (χ1) is 21.5. The SMILES string of the molecule is CCCCCC/C=C/CCCCCCCC(=O)N[C@@H](COP(=O)(O)OCC[N+](C)(C)C)[C@H](O)/C=C/CCCCCCCCCC. The molecule has 0 fully saturated rings. The summed E-state index contributed by atoms with van der Waals surface area (Å²) in [5.41, 5.74) is 0. The monoisotopic (exact) mass is 660 g/mol. The molecule has 0 aromatic carbocycles. The summed E-state index contributed by atoms with van der Waals surface area (Å²) in [6.45, 7) is 4.74. The Labute approximate surface area is 277 Å². The van der Waals surface area contributed by atoms with Gasteiger partial charge in [-0.2, -0.15) is 0 Å². The van der Waals surface area contributed by atoms with Crippen LogP contribution in [0.15, 0.2) is 24.3 Å². The third-order valence-electron chi connectivity index (χ3n) is 7.92. The number of carbonyl (C=O) groups excluding carboxylic acids is 1. The Morgan fingerprint density at radius 3 is 1.73 bits per heavy atom. The summed E-state index contributed by atoms with van der Waals surface area (Å²) in [5, 5.41) is 13.7. The molecule has 1 unspecified atom stereocenters. The maximum atomic E-state index is 12.7. The number of unbranched alkanes of at least 4 members (excludes halogenated alkanes) is 17. The average Bonchev–Trinajstić information content (AvgIpc) is 2.97. The Morgan fingerprint density at radius 1 is 0.733 bits per heavy atom. The molecule has 0 aliphatic carbocycles. The van der Waals surface area contributed by atoms with Crippen LogP contribution in [0.25, 0.3) is 0 Å². The predicted molar refractivity (Wildman–Crippen MR) is 189 cm³/mol. The molecule has 3 atom stereocenters. The predicted octanol–water partition coefficient (Wildman–Crippen LogP) is 9.02. The molecule has 0 bridgehead atoms. The van der Waals surface area contributed by atoms with Gasteiger partial charge in [0.15, 0.2) is 0 Å². The van der Waals surface area contributed by atoms with Gasteiger partial charge in [-0.05, 0) is 44.9 Å². The zero-order valence-electron chi connectivity index (χ0n) is 29.9. The second-order valence-electron chi connectivity index (χ2n) is 13.6. The summed E-state index contributed by atoms with van der Waals surface area (Å²) in [5.74, 6) is -0.191. The Morgan fingerprint density at radius 2 is 1.20 bits per heavy atom. The van der Waals surface area contributed by atoms with Crippen LogP contribution in [-0.4, -0.2) is 73.4 Å². The highest BCUT2D eigenvalue weighted by Gasteiger charge is 2.27. The van der Waals surface area contributed by atoms with Crippen LogP contribution >= 0.6 is 7.82 Å². The number of amides is 1. The maximum absolute atomic E-state index is 12.7. The third kappa shape index (κ3) is 31.4.